The Morgan fingerprint density at radius 1 is 1.05 bits per heavy atom. The molecule has 0 amide bonds. The molecule has 3 N–H and O–H groups in total. The number of nitrogens with zero attached hydrogens (tertiary/aromatic N) is 3. The first-order chi connectivity index (χ1) is 9.86. The van der Waals surface area contributed by atoms with Gasteiger partial charge < -0.3 is 11.1 Å². The number of para-hydroxylation sites is 1. The first-order valence-corrected chi connectivity index (χ1v) is 7.40. The zero-order chi connectivity index (χ0) is 13.8. The highest BCUT2D eigenvalue weighted by atomic mass is 15.2. The van der Waals surface area contributed by atoms with Crippen molar-refractivity contribution in [1.82, 2.24) is 15.2 Å². The average Bonchev–Trinajstić information content (AvgIpc) is 2.53. The lowest BCUT2D eigenvalue weighted by Gasteiger charge is -2.30. The fourth-order valence-electron chi connectivity index (χ4n) is 3.04. The summed E-state index contributed by atoms with van der Waals surface area (Å²) in [4.78, 5) is 4.49. The molecule has 1 fully saturated rings. The Balaban J connectivity index is 1.67. The van der Waals surface area contributed by atoms with E-state index >= 15 is 0 Å². The maximum atomic E-state index is 5.87. The monoisotopic (exact) mass is 271 g/mol. The second-order valence-electron chi connectivity index (χ2n) is 5.55. The molecule has 5 heteroatoms. The van der Waals surface area contributed by atoms with Gasteiger partial charge in [0, 0.05) is 6.54 Å². The van der Waals surface area contributed by atoms with E-state index in [1.807, 2.05) is 24.3 Å². The minimum absolute atomic E-state index is 0.616. The molecule has 3 rings (SSSR count). The Hall–Kier alpha value is -1.75. The van der Waals surface area contributed by atoms with Gasteiger partial charge in [0.2, 0.25) is 5.95 Å². The minimum atomic E-state index is 0.616. The normalized spacial score (nSPS) is 22.9. The molecule has 20 heavy (non-hydrogen) atoms. The number of hydrogen-bond donors (Lipinski definition) is 2. The van der Waals surface area contributed by atoms with Crippen molar-refractivity contribution in [3.8, 4) is 0 Å². The predicted octanol–water partition coefficient (Wildman–Crippen LogP) is 2.20. The molecule has 106 valence electrons. The van der Waals surface area contributed by atoms with Crippen LogP contribution in [0.3, 0.4) is 0 Å². The van der Waals surface area contributed by atoms with Gasteiger partial charge in [0.1, 0.15) is 5.52 Å². The van der Waals surface area contributed by atoms with Crippen molar-refractivity contribution >= 4 is 17.0 Å². The largest absolute Gasteiger partial charge is 0.353 e. The Morgan fingerprint density at radius 2 is 1.80 bits per heavy atom. The summed E-state index contributed by atoms with van der Waals surface area (Å²) in [5, 5.41) is 11.7. The van der Waals surface area contributed by atoms with Crippen molar-refractivity contribution < 1.29 is 0 Å². The van der Waals surface area contributed by atoms with E-state index in [1.165, 1.54) is 25.7 Å². The zero-order valence-corrected chi connectivity index (χ0v) is 11.6. The second-order valence-corrected chi connectivity index (χ2v) is 5.55. The number of rotatable bonds is 4. The maximum Gasteiger partial charge on any atom is 0.243 e. The molecular weight excluding hydrogens is 250 g/mol. The summed E-state index contributed by atoms with van der Waals surface area (Å²) in [6.07, 6.45) is 5.11. The Bertz CT molecular complexity index is 571. The van der Waals surface area contributed by atoms with E-state index < -0.39 is 0 Å². The smallest absolute Gasteiger partial charge is 0.243 e. The quantitative estimate of drug-likeness (QED) is 0.891. The summed E-state index contributed by atoms with van der Waals surface area (Å²) in [7, 11) is 0. The van der Waals surface area contributed by atoms with Crippen molar-refractivity contribution in [1.29, 1.82) is 0 Å². The van der Waals surface area contributed by atoms with Crippen LogP contribution >= 0.6 is 0 Å². The van der Waals surface area contributed by atoms with Crippen molar-refractivity contribution in [2.24, 2.45) is 17.6 Å². The topological polar surface area (TPSA) is 76.7 Å². The number of nitrogens with two attached hydrogens (primary N) is 1. The van der Waals surface area contributed by atoms with Gasteiger partial charge in [-0.1, -0.05) is 25.0 Å². The molecule has 5 nitrogen and oxygen atoms in total. The summed E-state index contributed by atoms with van der Waals surface area (Å²) in [6.45, 7) is 1.67. The third kappa shape index (κ3) is 2.88. The van der Waals surface area contributed by atoms with E-state index in [4.69, 9.17) is 5.73 Å². The molecule has 2 atom stereocenters. The Kier molecular flexibility index (Phi) is 4.06. The van der Waals surface area contributed by atoms with Crippen LogP contribution in [0.4, 0.5) is 5.95 Å². The zero-order valence-electron chi connectivity index (χ0n) is 11.6. The molecule has 0 radical (unpaired) electrons. The first-order valence-electron chi connectivity index (χ1n) is 7.40. The Labute approximate surface area is 119 Å². The van der Waals surface area contributed by atoms with Gasteiger partial charge in [-0.05, 0) is 43.4 Å². The molecule has 2 unspecified atom stereocenters. The number of aromatic nitrogens is 3. The van der Waals surface area contributed by atoms with Crippen LogP contribution in [0.1, 0.15) is 25.7 Å². The molecule has 0 spiro atoms. The van der Waals surface area contributed by atoms with Crippen LogP contribution in [0.15, 0.2) is 24.3 Å². The summed E-state index contributed by atoms with van der Waals surface area (Å²) >= 11 is 0. The van der Waals surface area contributed by atoms with Gasteiger partial charge in [0.15, 0.2) is 0 Å². The third-order valence-corrected chi connectivity index (χ3v) is 4.25. The number of benzene rings is 1. The highest BCUT2D eigenvalue weighted by Gasteiger charge is 2.23. The lowest BCUT2D eigenvalue weighted by Crippen LogP contribution is -2.31. The summed E-state index contributed by atoms with van der Waals surface area (Å²) < 4.78 is 0. The minimum Gasteiger partial charge on any atom is -0.353 e. The van der Waals surface area contributed by atoms with Crippen LogP contribution in [0.2, 0.25) is 0 Å². The summed E-state index contributed by atoms with van der Waals surface area (Å²) in [6, 6.07) is 7.79. The molecular formula is C15H21N5. The molecule has 0 saturated heterocycles. The molecule has 1 aliphatic rings. The standard InChI is InChI=1S/C15H21N5/c16-9-11-5-1-2-6-12(11)10-17-15-18-13-7-3-4-8-14(13)19-20-15/h3-4,7-8,11-12H,1-2,5-6,9-10,16H2,(H,17,18,20). The van der Waals surface area contributed by atoms with E-state index in [2.05, 4.69) is 20.5 Å². The van der Waals surface area contributed by atoms with E-state index in [0.29, 0.717) is 17.8 Å². The average molecular weight is 271 g/mol. The van der Waals surface area contributed by atoms with Gasteiger partial charge in [0.25, 0.3) is 0 Å². The number of anilines is 1. The predicted molar refractivity (Wildman–Crippen MR) is 80.3 cm³/mol. The SMILES string of the molecule is NCC1CCCCC1CNc1nnc2ccccc2n1. The highest BCUT2D eigenvalue weighted by Crippen LogP contribution is 2.29. The van der Waals surface area contributed by atoms with Crippen LogP contribution in [0.25, 0.3) is 11.0 Å². The molecule has 1 saturated carbocycles. The van der Waals surface area contributed by atoms with Gasteiger partial charge in [-0.3, -0.25) is 0 Å². The highest BCUT2D eigenvalue weighted by molar-refractivity contribution is 5.73. The van der Waals surface area contributed by atoms with Gasteiger partial charge in [-0.2, -0.15) is 0 Å². The van der Waals surface area contributed by atoms with Crippen LogP contribution in [-0.2, 0) is 0 Å². The summed E-state index contributed by atoms with van der Waals surface area (Å²) in [5.41, 5.74) is 7.57. The van der Waals surface area contributed by atoms with E-state index in [9.17, 15) is 0 Å². The number of fused-ring (bicyclic) bond motifs is 1. The lowest BCUT2D eigenvalue weighted by atomic mass is 9.79. The summed E-state index contributed by atoms with van der Waals surface area (Å²) in [5.74, 6) is 1.87. The molecule has 1 aromatic heterocycles. The maximum absolute atomic E-state index is 5.87. The Morgan fingerprint density at radius 3 is 2.60 bits per heavy atom. The third-order valence-electron chi connectivity index (χ3n) is 4.25. The second kappa shape index (κ2) is 6.13. The fourth-order valence-corrected chi connectivity index (χ4v) is 3.04. The molecule has 1 aromatic carbocycles. The molecule has 1 heterocycles. The molecule has 0 aliphatic heterocycles. The van der Waals surface area contributed by atoms with Crippen LogP contribution < -0.4 is 11.1 Å². The van der Waals surface area contributed by atoms with Crippen molar-refractivity contribution in [2.75, 3.05) is 18.4 Å². The van der Waals surface area contributed by atoms with Crippen molar-refractivity contribution in [3.63, 3.8) is 0 Å². The molecule has 0 bridgehead atoms. The first kappa shape index (κ1) is 13.2. The molecule has 1 aliphatic carbocycles. The van der Waals surface area contributed by atoms with Gasteiger partial charge in [-0.25, -0.2) is 4.98 Å². The van der Waals surface area contributed by atoms with Gasteiger partial charge in [0.05, 0.1) is 5.52 Å². The number of nitrogens with one attached hydrogen (secondary N) is 1. The fraction of sp³-hybridized carbons (Fsp3) is 0.533. The van der Waals surface area contributed by atoms with Gasteiger partial charge >= 0.3 is 0 Å². The van der Waals surface area contributed by atoms with E-state index in [-0.39, 0.29) is 0 Å². The van der Waals surface area contributed by atoms with Crippen LogP contribution in [0, 0.1) is 11.8 Å². The molecule has 2 aromatic rings. The van der Waals surface area contributed by atoms with E-state index in [1.54, 1.807) is 0 Å². The lowest BCUT2D eigenvalue weighted by molar-refractivity contribution is 0.255. The van der Waals surface area contributed by atoms with Crippen LogP contribution in [-0.4, -0.2) is 28.3 Å². The van der Waals surface area contributed by atoms with Crippen molar-refractivity contribution in [3.05, 3.63) is 24.3 Å². The van der Waals surface area contributed by atoms with Gasteiger partial charge in [-0.15, -0.1) is 10.2 Å². The van der Waals surface area contributed by atoms with E-state index in [0.717, 1.165) is 24.1 Å². The van der Waals surface area contributed by atoms with Crippen molar-refractivity contribution in [2.45, 2.75) is 25.7 Å². The van der Waals surface area contributed by atoms with Crippen LogP contribution in [0.5, 0.6) is 0 Å². The number of hydrogen-bond acceptors (Lipinski definition) is 5.